The molecule has 0 aromatic heterocycles. The number of carbonyl (C=O) groups excluding carboxylic acids is 1. The lowest BCUT2D eigenvalue weighted by Gasteiger charge is -2.24. The number of aliphatic hydroxyl groups excluding tert-OH is 2. The van der Waals surface area contributed by atoms with Crippen LogP contribution in [0.4, 0.5) is 0 Å². The molecule has 98 valence electrons. The highest BCUT2D eigenvalue weighted by atomic mass is 16.3. The van der Waals surface area contributed by atoms with E-state index in [-0.39, 0.29) is 25.7 Å². The third-order valence-corrected chi connectivity index (χ3v) is 3.01. The lowest BCUT2D eigenvalue weighted by molar-refractivity contribution is -0.129. The van der Waals surface area contributed by atoms with Crippen LogP contribution >= 0.6 is 0 Å². The standard InChI is InChI=1S/C12H22N2O3/c1-13(11-4-2-3-5-11)12(17)10-14(6-8-15)7-9-16/h4,15-16H,2-3,5-10H2,1H3. The van der Waals surface area contributed by atoms with Gasteiger partial charge in [-0.2, -0.15) is 0 Å². The van der Waals surface area contributed by atoms with E-state index in [4.69, 9.17) is 10.2 Å². The molecule has 0 unspecified atom stereocenters. The number of nitrogens with zero attached hydrogens (tertiary/aromatic N) is 2. The molecule has 17 heavy (non-hydrogen) atoms. The van der Waals surface area contributed by atoms with Gasteiger partial charge in [0.25, 0.3) is 0 Å². The van der Waals surface area contributed by atoms with E-state index in [1.807, 2.05) is 0 Å². The van der Waals surface area contributed by atoms with E-state index in [0.717, 1.165) is 25.0 Å². The van der Waals surface area contributed by atoms with Gasteiger partial charge in [-0.3, -0.25) is 9.69 Å². The number of likely N-dealkylation sites (N-methyl/N-ethyl adjacent to an activating group) is 1. The molecule has 0 fully saturated rings. The van der Waals surface area contributed by atoms with Crippen molar-refractivity contribution in [2.24, 2.45) is 0 Å². The smallest absolute Gasteiger partial charge is 0.240 e. The second-order valence-corrected chi connectivity index (χ2v) is 4.26. The molecule has 0 aromatic carbocycles. The van der Waals surface area contributed by atoms with E-state index in [0.29, 0.717) is 13.1 Å². The summed E-state index contributed by atoms with van der Waals surface area (Å²) in [4.78, 5) is 15.4. The highest BCUT2D eigenvalue weighted by molar-refractivity contribution is 5.79. The normalized spacial score (nSPS) is 15.2. The van der Waals surface area contributed by atoms with Crippen LogP contribution in [-0.4, -0.2) is 65.8 Å². The van der Waals surface area contributed by atoms with Crippen LogP contribution in [0.3, 0.4) is 0 Å². The fourth-order valence-electron chi connectivity index (χ4n) is 1.97. The molecule has 0 saturated carbocycles. The van der Waals surface area contributed by atoms with Crippen LogP contribution in [0, 0.1) is 0 Å². The molecule has 0 bridgehead atoms. The Morgan fingerprint density at radius 1 is 1.35 bits per heavy atom. The van der Waals surface area contributed by atoms with Crippen LogP contribution in [-0.2, 0) is 4.79 Å². The van der Waals surface area contributed by atoms with Gasteiger partial charge in [0.1, 0.15) is 0 Å². The maximum Gasteiger partial charge on any atom is 0.240 e. The van der Waals surface area contributed by atoms with Crippen molar-refractivity contribution >= 4 is 5.91 Å². The largest absolute Gasteiger partial charge is 0.395 e. The summed E-state index contributed by atoms with van der Waals surface area (Å²) in [6.07, 6.45) is 5.22. The van der Waals surface area contributed by atoms with Crippen LogP contribution < -0.4 is 0 Å². The van der Waals surface area contributed by atoms with E-state index in [2.05, 4.69) is 6.08 Å². The Hall–Kier alpha value is -0.910. The number of hydrogen-bond acceptors (Lipinski definition) is 4. The molecular formula is C12H22N2O3. The number of carbonyl (C=O) groups is 1. The molecule has 1 rings (SSSR count). The fraction of sp³-hybridized carbons (Fsp3) is 0.750. The van der Waals surface area contributed by atoms with E-state index in [9.17, 15) is 4.79 Å². The van der Waals surface area contributed by atoms with E-state index in [1.165, 1.54) is 0 Å². The molecule has 0 heterocycles. The summed E-state index contributed by atoms with van der Waals surface area (Å²) in [7, 11) is 1.79. The van der Waals surface area contributed by atoms with Crippen LogP contribution in [0.2, 0.25) is 0 Å². The van der Waals surface area contributed by atoms with Gasteiger partial charge in [0.2, 0.25) is 5.91 Å². The molecule has 5 heteroatoms. The Balaban J connectivity index is 2.44. The SMILES string of the molecule is CN(C(=O)CN(CCO)CCO)C1=CCCC1. The molecule has 1 aliphatic carbocycles. The monoisotopic (exact) mass is 242 g/mol. The predicted molar refractivity (Wildman–Crippen MR) is 65.3 cm³/mol. The number of allylic oxidation sites excluding steroid dienone is 2. The first-order valence-corrected chi connectivity index (χ1v) is 6.08. The highest BCUT2D eigenvalue weighted by Crippen LogP contribution is 2.20. The topological polar surface area (TPSA) is 64.0 Å². The molecule has 0 aromatic rings. The van der Waals surface area contributed by atoms with E-state index >= 15 is 0 Å². The van der Waals surface area contributed by atoms with Crippen LogP contribution in [0.1, 0.15) is 19.3 Å². The number of amides is 1. The van der Waals surface area contributed by atoms with Gasteiger partial charge < -0.3 is 15.1 Å². The molecule has 0 atom stereocenters. The summed E-state index contributed by atoms with van der Waals surface area (Å²) in [5.74, 6) is 0.0139. The highest BCUT2D eigenvalue weighted by Gasteiger charge is 2.18. The van der Waals surface area contributed by atoms with Gasteiger partial charge in [0.05, 0.1) is 19.8 Å². The lowest BCUT2D eigenvalue weighted by atomic mass is 10.3. The third kappa shape index (κ3) is 4.46. The summed E-state index contributed by atoms with van der Waals surface area (Å²) in [6, 6.07) is 0. The molecule has 5 nitrogen and oxygen atoms in total. The Morgan fingerprint density at radius 3 is 2.47 bits per heavy atom. The first-order valence-electron chi connectivity index (χ1n) is 6.08. The third-order valence-electron chi connectivity index (χ3n) is 3.01. The minimum Gasteiger partial charge on any atom is -0.395 e. The van der Waals surface area contributed by atoms with Crippen molar-refractivity contribution in [2.75, 3.05) is 39.9 Å². The summed E-state index contributed by atoms with van der Waals surface area (Å²) < 4.78 is 0. The fourth-order valence-corrected chi connectivity index (χ4v) is 1.97. The second kappa shape index (κ2) is 7.42. The average molecular weight is 242 g/mol. The van der Waals surface area contributed by atoms with Gasteiger partial charge in [-0.15, -0.1) is 0 Å². The number of rotatable bonds is 7. The average Bonchev–Trinajstić information content (AvgIpc) is 2.82. The van der Waals surface area contributed by atoms with Crippen LogP contribution in [0.25, 0.3) is 0 Å². The van der Waals surface area contributed by atoms with Crippen LogP contribution in [0.15, 0.2) is 11.8 Å². The number of aliphatic hydroxyl groups is 2. The maximum atomic E-state index is 12.0. The van der Waals surface area contributed by atoms with Crippen molar-refractivity contribution in [3.05, 3.63) is 11.8 Å². The number of hydrogen-bond donors (Lipinski definition) is 2. The molecule has 1 amide bonds. The summed E-state index contributed by atoms with van der Waals surface area (Å²) in [5.41, 5.74) is 1.09. The summed E-state index contributed by atoms with van der Waals surface area (Å²) in [5, 5.41) is 17.7. The van der Waals surface area contributed by atoms with Crippen LogP contribution in [0.5, 0.6) is 0 Å². The zero-order valence-corrected chi connectivity index (χ0v) is 10.4. The van der Waals surface area contributed by atoms with Crippen molar-refractivity contribution in [2.45, 2.75) is 19.3 Å². The predicted octanol–water partition coefficient (Wildman–Crippen LogP) is -0.201. The van der Waals surface area contributed by atoms with Crippen molar-refractivity contribution in [3.8, 4) is 0 Å². The zero-order chi connectivity index (χ0) is 12.7. The molecule has 0 saturated heterocycles. The van der Waals surface area contributed by atoms with Crippen molar-refractivity contribution < 1.29 is 15.0 Å². The molecule has 0 spiro atoms. The van der Waals surface area contributed by atoms with E-state index < -0.39 is 0 Å². The van der Waals surface area contributed by atoms with Gasteiger partial charge in [-0.05, 0) is 19.3 Å². The molecule has 0 aliphatic heterocycles. The van der Waals surface area contributed by atoms with Gasteiger partial charge in [-0.1, -0.05) is 6.08 Å². The Morgan fingerprint density at radius 2 is 2.00 bits per heavy atom. The summed E-state index contributed by atoms with van der Waals surface area (Å²) >= 11 is 0. The molecular weight excluding hydrogens is 220 g/mol. The Kier molecular flexibility index (Phi) is 6.18. The first kappa shape index (κ1) is 14.2. The molecule has 0 radical (unpaired) electrons. The van der Waals surface area contributed by atoms with Gasteiger partial charge in [0.15, 0.2) is 0 Å². The van der Waals surface area contributed by atoms with Gasteiger partial charge in [-0.25, -0.2) is 0 Å². The Bertz CT molecular complexity index is 273. The van der Waals surface area contributed by atoms with Crippen molar-refractivity contribution in [3.63, 3.8) is 0 Å². The Labute approximate surface area is 102 Å². The maximum absolute atomic E-state index is 12.0. The first-order chi connectivity index (χ1) is 8.19. The lowest BCUT2D eigenvalue weighted by Crippen LogP contribution is -2.40. The molecule has 2 N–H and O–H groups in total. The summed E-state index contributed by atoms with van der Waals surface area (Å²) in [6.45, 7) is 1.08. The van der Waals surface area contributed by atoms with Crippen molar-refractivity contribution in [1.29, 1.82) is 0 Å². The van der Waals surface area contributed by atoms with Gasteiger partial charge >= 0.3 is 0 Å². The van der Waals surface area contributed by atoms with Crippen molar-refractivity contribution in [1.82, 2.24) is 9.80 Å². The molecule has 1 aliphatic rings. The minimum atomic E-state index is -0.000307. The quantitative estimate of drug-likeness (QED) is 0.649. The minimum absolute atomic E-state index is 0.000307. The second-order valence-electron chi connectivity index (χ2n) is 4.26. The van der Waals surface area contributed by atoms with Gasteiger partial charge in [0, 0.05) is 25.8 Å². The van der Waals surface area contributed by atoms with E-state index in [1.54, 1.807) is 16.8 Å². The zero-order valence-electron chi connectivity index (χ0n) is 10.4.